The van der Waals surface area contributed by atoms with E-state index >= 15 is 0 Å². The molecule has 0 bridgehead atoms. The lowest BCUT2D eigenvalue weighted by Crippen LogP contribution is -1.87. The Hall–Kier alpha value is -2.22. The fourth-order valence-electron chi connectivity index (χ4n) is 1.98. The zero-order valence-electron chi connectivity index (χ0n) is 18.6. The highest BCUT2D eigenvalue weighted by atomic mass is 14.7. The third kappa shape index (κ3) is 17.0. The summed E-state index contributed by atoms with van der Waals surface area (Å²) in [6.07, 6.45) is 12.2. The van der Waals surface area contributed by atoms with E-state index in [4.69, 9.17) is 0 Å². The van der Waals surface area contributed by atoms with Crippen molar-refractivity contribution in [2.45, 2.75) is 74.1 Å². The largest absolute Gasteiger partial charge is 0.269 e. The summed E-state index contributed by atoms with van der Waals surface area (Å²) in [4.78, 5) is 7.93. The zero-order chi connectivity index (χ0) is 20.8. The van der Waals surface area contributed by atoms with Gasteiger partial charge in [0.05, 0.1) is 0 Å². The van der Waals surface area contributed by atoms with E-state index in [0.29, 0.717) is 0 Å². The molecule has 0 fully saturated rings. The van der Waals surface area contributed by atoms with E-state index in [1.807, 2.05) is 71.4 Å². The molecule has 2 aromatic rings. The monoisotopic (exact) mass is 368 g/mol. The zero-order valence-corrected chi connectivity index (χ0v) is 18.6. The minimum absolute atomic E-state index is 1.14. The number of nitrogens with zero attached hydrogens (tertiary/aromatic N) is 2. The Bertz CT molecular complexity index is 572. The standard InChI is InChI=1S/C8H10.C7H11N.C6H7N.2C2H6/c1-2-8-6-4-3-5-7-8;1-2-7-4-3-5-8-6-7;1-6-3-2-4-7-5-6;2*1-2/h3-7H,2H2,1H3;5-6H,2-4H2,1H3;2-5H,1H3;2*1-2H3. The van der Waals surface area contributed by atoms with Crippen LogP contribution in [0.1, 0.15) is 71.9 Å². The first-order chi connectivity index (χ1) is 13.3. The number of aryl methyl sites for hydroxylation is 2. The van der Waals surface area contributed by atoms with Crippen molar-refractivity contribution in [3.8, 4) is 0 Å². The van der Waals surface area contributed by atoms with Crippen molar-refractivity contribution >= 4 is 6.21 Å². The lowest BCUT2D eigenvalue weighted by atomic mass is 10.1. The first-order valence-corrected chi connectivity index (χ1v) is 10.4. The van der Waals surface area contributed by atoms with Crippen LogP contribution in [-0.2, 0) is 6.42 Å². The van der Waals surface area contributed by atoms with Gasteiger partial charge in [-0.1, -0.05) is 83.5 Å². The average molecular weight is 369 g/mol. The van der Waals surface area contributed by atoms with E-state index in [1.54, 1.807) is 6.20 Å². The molecule has 0 atom stereocenters. The molecular weight excluding hydrogens is 328 g/mol. The van der Waals surface area contributed by atoms with Crippen LogP contribution in [0.25, 0.3) is 0 Å². The predicted octanol–water partition coefficient (Wildman–Crippen LogP) is 7.84. The van der Waals surface area contributed by atoms with Crippen LogP contribution in [0.2, 0.25) is 0 Å². The molecule has 27 heavy (non-hydrogen) atoms. The van der Waals surface area contributed by atoms with Crippen LogP contribution in [0.15, 0.2) is 71.6 Å². The molecule has 2 heteroatoms. The van der Waals surface area contributed by atoms with Gasteiger partial charge in [0.2, 0.25) is 0 Å². The van der Waals surface area contributed by atoms with Crippen LogP contribution in [0.5, 0.6) is 0 Å². The van der Waals surface area contributed by atoms with Gasteiger partial charge in [-0.25, -0.2) is 0 Å². The molecule has 1 aliphatic heterocycles. The van der Waals surface area contributed by atoms with Gasteiger partial charge in [0.1, 0.15) is 0 Å². The molecular formula is C25H40N2. The smallest absolute Gasteiger partial charge is 0.0297 e. The van der Waals surface area contributed by atoms with Gasteiger partial charge in [0.25, 0.3) is 0 Å². The summed E-state index contributed by atoms with van der Waals surface area (Å²) in [6, 6.07) is 14.4. The normalized spacial score (nSPS) is 10.9. The molecule has 2 heterocycles. The van der Waals surface area contributed by atoms with Crippen LogP contribution in [0, 0.1) is 6.92 Å². The summed E-state index contributed by atoms with van der Waals surface area (Å²) in [5.74, 6) is 0. The average Bonchev–Trinajstić information content (AvgIpc) is 2.79. The molecule has 0 unspecified atom stereocenters. The maximum atomic E-state index is 4.04. The molecule has 150 valence electrons. The van der Waals surface area contributed by atoms with Crippen LogP contribution < -0.4 is 0 Å². The van der Waals surface area contributed by atoms with Crippen molar-refractivity contribution < 1.29 is 0 Å². The molecule has 0 radical (unpaired) electrons. The number of hydrogen-bond acceptors (Lipinski definition) is 2. The van der Waals surface area contributed by atoms with Gasteiger partial charge < -0.3 is 0 Å². The van der Waals surface area contributed by atoms with Crippen LogP contribution in [0.3, 0.4) is 0 Å². The third-order valence-corrected chi connectivity index (χ3v) is 3.47. The Morgan fingerprint density at radius 2 is 1.52 bits per heavy atom. The Morgan fingerprint density at radius 3 is 1.81 bits per heavy atom. The van der Waals surface area contributed by atoms with Gasteiger partial charge >= 0.3 is 0 Å². The summed E-state index contributed by atoms with van der Waals surface area (Å²) >= 11 is 0. The molecule has 3 rings (SSSR count). The van der Waals surface area contributed by atoms with Crippen molar-refractivity contribution in [3.63, 3.8) is 0 Å². The molecule has 0 aliphatic carbocycles. The fraction of sp³-hybridized carbons (Fsp3) is 0.440. The van der Waals surface area contributed by atoms with Crippen molar-refractivity contribution in [1.29, 1.82) is 0 Å². The molecule has 0 saturated carbocycles. The molecule has 1 aromatic carbocycles. The molecule has 0 spiro atoms. The van der Waals surface area contributed by atoms with E-state index < -0.39 is 0 Å². The molecule has 0 N–H and O–H groups in total. The summed E-state index contributed by atoms with van der Waals surface area (Å²) in [5, 5.41) is 0. The van der Waals surface area contributed by atoms with Crippen molar-refractivity contribution in [2.24, 2.45) is 4.99 Å². The van der Waals surface area contributed by atoms with Gasteiger partial charge in [-0.2, -0.15) is 0 Å². The summed E-state index contributed by atoms with van der Waals surface area (Å²) in [6.45, 7) is 14.4. The van der Waals surface area contributed by atoms with E-state index in [2.05, 4.69) is 48.1 Å². The molecule has 2 nitrogen and oxygen atoms in total. The topological polar surface area (TPSA) is 25.2 Å². The van der Waals surface area contributed by atoms with E-state index in [9.17, 15) is 0 Å². The van der Waals surface area contributed by atoms with Gasteiger partial charge in [-0.05, 0) is 49.8 Å². The summed E-state index contributed by atoms with van der Waals surface area (Å²) in [5.41, 5.74) is 4.10. The van der Waals surface area contributed by atoms with Crippen LogP contribution >= 0.6 is 0 Å². The Labute approximate surface area is 168 Å². The number of aromatic nitrogens is 1. The highest BCUT2D eigenvalue weighted by molar-refractivity contribution is 5.60. The summed E-state index contributed by atoms with van der Waals surface area (Å²) in [7, 11) is 0. The highest BCUT2D eigenvalue weighted by Crippen LogP contribution is 2.11. The third-order valence-electron chi connectivity index (χ3n) is 3.47. The maximum Gasteiger partial charge on any atom is 0.0297 e. The number of aliphatic imine (C=N–C) groups is 1. The highest BCUT2D eigenvalue weighted by Gasteiger charge is 1.94. The number of rotatable bonds is 2. The van der Waals surface area contributed by atoms with Crippen molar-refractivity contribution in [1.82, 2.24) is 4.98 Å². The minimum Gasteiger partial charge on any atom is -0.269 e. The van der Waals surface area contributed by atoms with Gasteiger partial charge in [0.15, 0.2) is 0 Å². The Morgan fingerprint density at radius 1 is 0.852 bits per heavy atom. The Kier molecular flexibility index (Phi) is 21.8. The number of benzene rings is 1. The Balaban J connectivity index is 0. The summed E-state index contributed by atoms with van der Waals surface area (Å²) < 4.78 is 0. The lowest BCUT2D eigenvalue weighted by molar-refractivity contribution is 0.914. The molecule has 1 aromatic heterocycles. The first kappa shape index (κ1) is 27.0. The second kappa shape index (κ2) is 21.8. The van der Waals surface area contributed by atoms with Gasteiger partial charge in [-0.3, -0.25) is 9.98 Å². The fourth-order valence-corrected chi connectivity index (χ4v) is 1.98. The van der Waals surface area contributed by atoms with E-state index in [-0.39, 0.29) is 0 Å². The molecule has 0 saturated heterocycles. The second-order valence-electron chi connectivity index (χ2n) is 5.38. The minimum atomic E-state index is 1.14. The van der Waals surface area contributed by atoms with Gasteiger partial charge in [0, 0.05) is 24.8 Å². The predicted molar refractivity (Wildman–Crippen MR) is 124 cm³/mol. The second-order valence-corrected chi connectivity index (χ2v) is 5.38. The SMILES string of the molecule is CC.CC.CCC1=CN=CCC1.CCc1ccccc1.Cc1cccnc1. The van der Waals surface area contributed by atoms with E-state index in [0.717, 1.165) is 19.3 Å². The quantitative estimate of drug-likeness (QED) is 0.530. The van der Waals surface area contributed by atoms with Crippen LogP contribution in [0.4, 0.5) is 0 Å². The number of pyridine rings is 1. The maximum absolute atomic E-state index is 4.04. The molecule has 0 amide bonds. The van der Waals surface area contributed by atoms with E-state index in [1.165, 1.54) is 23.1 Å². The lowest BCUT2D eigenvalue weighted by Gasteiger charge is -2.02. The van der Waals surface area contributed by atoms with Crippen molar-refractivity contribution in [2.75, 3.05) is 0 Å². The number of allylic oxidation sites excluding steroid dienone is 1. The molecule has 1 aliphatic rings. The van der Waals surface area contributed by atoms with Gasteiger partial charge in [-0.15, -0.1) is 0 Å². The number of hydrogen-bond donors (Lipinski definition) is 0. The van der Waals surface area contributed by atoms with Crippen LogP contribution in [-0.4, -0.2) is 11.2 Å². The van der Waals surface area contributed by atoms with Crippen molar-refractivity contribution in [3.05, 3.63) is 77.8 Å². The first-order valence-electron chi connectivity index (χ1n) is 10.4.